The first-order valence-electron chi connectivity index (χ1n) is 5.78. The highest BCUT2D eigenvalue weighted by Gasteiger charge is 2.29. The molecule has 98 valence electrons. The molecule has 1 aliphatic rings. The van der Waals surface area contributed by atoms with E-state index in [4.69, 9.17) is 9.52 Å². The highest BCUT2D eigenvalue weighted by molar-refractivity contribution is 5.73. The molecule has 0 radical (unpaired) electrons. The van der Waals surface area contributed by atoms with Gasteiger partial charge in [-0.2, -0.15) is 0 Å². The van der Waals surface area contributed by atoms with Crippen LogP contribution in [0.2, 0.25) is 0 Å². The highest BCUT2D eigenvalue weighted by Crippen LogP contribution is 2.22. The minimum Gasteiger partial charge on any atom is -0.480 e. The lowest BCUT2D eigenvalue weighted by Gasteiger charge is -2.31. The molecule has 1 aromatic rings. The summed E-state index contributed by atoms with van der Waals surface area (Å²) in [6.07, 6.45) is 2.44. The van der Waals surface area contributed by atoms with Crippen LogP contribution in [0.15, 0.2) is 16.5 Å². The molecule has 0 aromatic carbocycles. The lowest BCUT2D eigenvalue weighted by molar-refractivity contribution is -0.402. The van der Waals surface area contributed by atoms with Crippen molar-refractivity contribution in [3.05, 3.63) is 28.0 Å². The Balaban J connectivity index is 2.06. The van der Waals surface area contributed by atoms with Gasteiger partial charge in [0.25, 0.3) is 0 Å². The van der Waals surface area contributed by atoms with Gasteiger partial charge in [0.15, 0.2) is 0 Å². The Morgan fingerprint density at radius 3 is 2.94 bits per heavy atom. The number of nitro groups is 1. The number of hydrogen-bond donors (Lipinski definition) is 1. The number of rotatable bonds is 4. The minimum atomic E-state index is -0.851. The van der Waals surface area contributed by atoms with Gasteiger partial charge >= 0.3 is 11.9 Å². The van der Waals surface area contributed by atoms with Crippen molar-refractivity contribution in [1.82, 2.24) is 4.90 Å². The maximum atomic E-state index is 11.1. The van der Waals surface area contributed by atoms with Crippen molar-refractivity contribution in [3.8, 4) is 0 Å². The fraction of sp³-hybridized carbons (Fsp3) is 0.545. The Morgan fingerprint density at radius 1 is 1.56 bits per heavy atom. The van der Waals surface area contributed by atoms with Crippen molar-refractivity contribution in [3.63, 3.8) is 0 Å². The Morgan fingerprint density at radius 2 is 2.33 bits per heavy atom. The summed E-state index contributed by atoms with van der Waals surface area (Å²) in [6.45, 7) is 0.969. The zero-order valence-electron chi connectivity index (χ0n) is 9.74. The summed E-state index contributed by atoms with van der Waals surface area (Å²) in [4.78, 5) is 22.8. The molecule has 1 N–H and O–H groups in total. The average molecular weight is 254 g/mol. The molecule has 2 heterocycles. The third kappa shape index (κ3) is 2.67. The highest BCUT2D eigenvalue weighted by atomic mass is 16.6. The number of nitrogens with zero attached hydrogens (tertiary/aromatic N) is 2. The first-order valence-corrected chi connectivity index (χ1v) is 5.78. The van der Waals surface area contributed by atoms with Crippen LogP contribution >= 0.6 is 0 Å². The van der Waals surface area contributed by atoms with E-state index in [2.05, 4.69) is 0 Å². The number of hydrogen-bond acceptors (Lipinski definition) is 5. The SMILES string of the molecule is O=C(O)C1CCCCN1Cc1ccc([N+](=O)[O-])o1. The van der Waals surface area contributed by atoms with Crippen LogP contribution < -0.4 is 0 Å². The third-order valence-electron chi connectivity index (χ3n) is 3.09. The van der Waals surface area contributed by atoms with Crippen LogP contribution in [0.25, 0.3) is 0 Å². The zero-order chi connectivity index (χ0) is 13.1. The summed E-state index contributed by atoms with van der Waals surface area (Å²) in [5.74, 6) is -0.737. The molecular weight excluding hydrogens is 240 g/mol. The maximum absolute atomic E-state index is 11.1. The summed E-state index contributed by atoms with van der Waals surface area (Å²) in [6, 6.07) is 2.28. The van der Waals surface area contributed by atoms with E-state index >= 15 is 0 Å². The lowest BCUT2D eigenvalue weighted by atomic mass is 10.0. The van der Waals surface area contributed by atoms with Gasteiger partial charge in [-0.25, -0.2) is 0 Å². The Labute approximate surface area is 103 Å². The lowest BCUT2D eigenvalue weighted by Crippen LogP contribution is -2.43. The van der Waals surface area contributed by atoms with E-state index in [-0.39, 0.29) is 5.88 Å². The molecule has 2 rings (SSSR count). The molecule has 1 atom stereocenters. The normalized spacial score (nSPS) is 20.8. The van der Waals surface area contributed by atoms with E-state index in [1.165, 1.54) is 12.1 Å². The van der Waals surface area contributed by atoms with Crippen molar-refractivity contribution in [2.24, 2.45) is 0 Å². The van der Waals surface area contributed by atoms with Crippen molar-refractivity contribution >= 4 is 11.9 Å². The summed E-state index contributed by atoms with van der Waals surface area (Å²) in [7, 11) is 0. The number of carboxylic acids is 1. The smallest absolute Gasteiger partial charge is 0.433 e. The fourth-order valence-corrected chi connectivity index (χ4v) is 2.21. The number of carbonyl (C=O) groups is 1. The van der Waals surface area contributed by atoms with E-state index in [1.807, 2.05) is 0 Å². The van der Waals surface area contributed by atoms with E-state index in [0.29, 0.717) is 25.3 Å². The molecule has 1 aliphatic heterocycles. The number of aliphatic carboxylic acids is 1. The van der Waals surface area contributed by atoms with Gasteiger partial charge in [-0.05, 0) is 25.5 Å². The average Bonchev–Trinajstić information content (AvgIpc) is 2.78. The van der Waals surface area contributed by atoms with Crippen molar-refractivity contribution in [2.75, 3.05) is 6.54 Å². The summed E-state index contributed by atoms with van der Waals surface area (Å²) < 4.78 is 5.04. The first kappa shape index (κ1) is 12.6. The Hall–Kier alpha value is -1.89. The van der Waals surface area contributed by atoms with Crippen molar-refractivity contribution < 1.29 is 19.2 Å². The topological polar surface area (TPSA) is 96.8 Å². The van der Waals surface area contributed by atoms with Crippen molar-refractivity contribution in [2.45, 2.75) is 31.8 Å². The minimum absolute atomic E-state index is 0.296. The zero-order valence-corrected chi connectivity index (χ0v) is 9.74. The Kier molecular flexibility index (Phi) is 3.61. The molecule has 7 nitrogen and oxygen atoms in total. The molecule has 1 saturated heterocycles. The van der Waals surface area contributed by atoms with E-state index in [1.54, 1.807) is 4.90 Å². The van der Waals surface area contributed by atoms with Gasteiger partial charge < -0.3 is 9.52 Å². The van der Waals surface area contributed by atoms with Gasteiger partial charge in [-0.1, -0.05) is 6.42 Å². The number of furan rings is 1. The predicted molar refractivity (Wildman–Crippen MR) is 61.0 cm³/mol. The summed E-state index contributed by atoms with van der Waals surface area (Å²) in [5, 5.41) is 19.6. The standard InChI is InChI=1S/C11H14N2O5/c14-11(15)9-3-1-2-6-12(9)7-8-4-5-10(18-8)13(16)17/h4-5,9H,1-3,6-7H2,(H,14,15). The van der Waals surface area contributed by atoms with Gasteiger partial charge in [0, 0.05) is 0 Å². The van der Waals surface area contributed by atoms with E-state index < -0.39 is 16.9 Å². The molecule has 18 heavy (non-hydrogen) atoms. The van der Waals surface area contributed by atoms with Gasteiger partial charge in [-0.15, -0.1) is 0 Å². The molecule has 0 bridgehead atoms. The monoisotopic (exact) mass is 254 g/mol. The van der Waals surface area contributed by atoms with E-state index in [9.17, 15) is 14.9 Å². The largest absolute Gasteiger partial charge is 0.480 e. The molecule has 0 amide bonds. The van der Waals surface area contributed by atoms with Crippen LogP contribution in [0.3, 0.4) is 0 Å². The van der Waals surface area contributed by atoms with Crippen LogP contribution in [-0.4, -0.2) is 33.5 Å². The molecular formula is C11H14N2O5. The fourth-order valence-electron chi connectivity index (χ4n) is 2.21. The molecule has 7 heteroatoms. The third-order valence-corrected chi connectivity index (χ3v) is 3.09. The summed E-state index contributed by atoms with van der Waals surface area (Å²) in [5.41, 5.74) is 0. The van der Waals surface area contributed by atoms with Crippen LogP contribution in [0.1, 0.15) is 25.0 Å². The quantitative estimate of drug-likeness (QED) is 0.647. The van der Waals surface area contributed by atoms with Crippen LogP contribution in [0.5, 0.6) is 0 Å². The van der Waals surface area contributed by atoms with Gasteiger partial charge in [0.2, 0.25) is 0 Å². The molecule has 0 saturated carbocycles. The van der Waals surface area contributed by atoms with Crippen LogP contribution in [-0.2, 0) is 11.3 Å². The second-order valence-corrected chi connectivity index (χ2v) is 4.32. The maximum Gasteiger partial charge on any atom is 0.433 e. The van der Waals surface area contributed by atoms with E-state index in [0.717, 1.165) is 12.8 Å². The number of piperidine rings is 1. The number of likely N-dealkylation sites (tertiary alicyclic amines) is 1. The van der Waals surface area contributed by atoms with Gasteiger partial charge in [0.1, 0.15) is 16.7 Å². The predicted octanol–water partition coefficient (Wildman–Crippen LogP) is 1.63. The first-order chi connectivity index (χ1) is 8.58. The van der Waals surface area contributed by atoms with Gasteiger partial charge in [-0.3, -0.25) is 19.8 Å². The summed E-state index contributed by atoms with van der Waals surface area (Å²) >= 11 is 0. The molecule has 1 unspecified atom stereocenters. The van der Waals surface area contributed by atoms with Crippen LogP contribution in [0.4, 0.5) is 5.88 Å². The number of carboxylic acid groups (broad SMARTS) is 1. The second kappa shape index (κ2) is 5.18. The molecule has 1 fully saturated rings. The van der Waals surface area contributed by atoms with Crippen molar-refractivity contribution in [1.29, 1.82) is 0 Å². The second-order valence-electron chi connectivity index (χ2n) is 4.32. The van der Waals surface area contributed by atoms with Crippen LogP contribution in [0, 0.1) is 10.1 Å². The molecule has 1 aromatic heterocycles. The van der Waals surface area contributed by atoms with Gasteiger partial charge in [0.05, 0.1) is 12.6 Å². The Bertz CT molecular complexity index is 456. The molecule has 0 spiro atoms. The molecule has 0 aliphatic carbocycles.